The Morgan fingerprint density at radius 1 is 1.07 bits per heavy atom. The molecule has 0 fully saturated rings. The average molecular weight is 405 g/mol. The molecule has 2 unspecified atom stereocenters. The van der Waals surface area contributed by atoms with Crippen molar-refractivity contribution in [2.75, 3.05) is 13.2 Å². The van der Waals surface area contributed by atoms with Crippen LogP contribution in [0, 0.1) is 5.92 Å². The number of hydrogen-bond donors (Lipinski definition) is 1. The maximum Gasteiger partial charge on any atom is 0.306 e. The fraction of sp³-hybridized carbons (Fsp3) is 0.640. The molecule has 1 N–H and O–H groups in total. The van der Waals surface area contributed by atoms with E-state index in [1.165, 1.54) is 37.7 Å². The molecule has 4 heteroatoms. The molecule has 0 aliphatic heterocycles. The number of allylic oxidation sites excluding steroid dienone is 1. The molecule has 4 nitrogen and oxygen atoms in total. The lowest BCUT2D eigenvalue weighted by Crippen LogP contribution is -2.10. The van der Waals surface area contributed by atoms with Gasteiger partial charge >= 0.3 is 5.97 Å². The Kier molecular flexibility index (Phi) is 13.1. The van der Waals surface area contributed by atoms with Crippen LogP contribution in [0.4, 0.5) is 0 Å². The van der Waals surface area contributed by atoms with E-state index in [9.17, 15) is 4.79 Å². The Morgan fingerprint density at radius 3 is 2.38 bits per heavy atom. The molecule has 1 aromatic carbocycles. The lowest BCUT2D eigenvalue weighted by Gasteiger charge is -2.16. The van der Waals surface area contributed by atoms with Crippen molar-refractivity contribution in [3.63, 3.8) is 0 Å². The van der Waals surface area contributed by atoms with E-state index in [0.717, 1.165) is 24.2 Å². The molecule has 29 heavy (non-hydrogen) atoms. The molecule has 2 atom stereocenters. The number of rotatable bonds is 16. The number of ether oxygens (including phenoxy) is 2. The van der Waals surface area contributed by atoms with Gasteiger partial charge in [-0.1, -0.05) is 71.1 Å². The molecule has 0 aliphatic rings. The Morgan fingerprint density at radius 2 is 1.79 bits per heavy atom. The largest absolute Gasteiger partial charge is 0.489 e. The summed E-state index contributed by atoms with van der Waals surface area (Å²) < 4.78 is 11.6. The van der Waals surface area contributed by atoms with Gasteiger partial charge in [0.05, 0.1) is 12.5 Å². The lowest BCUT2D eigenvalue weighted by atomic mass is 9.98. The van der Waals surface area contributed by atoms with Crippen molar-refractivity contribution in [2.45, 2.75) is 85.2 Å². The molecule has 0 aromatic heterocycles. The quantitative estimate of drug-likeness (QED) is 0.239. The summed E-state index contributed by atoms with van der Waals surface area (Å²) in [5.74, 6) is 0.529. The molecule has 0 saturated heterocycles. The van der Waals surface area contributed by atoms with Gasteiger partial charge in [0.2, 0.25) is 0 Å². The second-order valence-electron chi connectivity index (χ2n) is 7.80. The van der Waals surface area contributed by atoms with Crippen LogP contribution in [0.1, 0.15) is 90.7 Å². The average Bonchev–Trinajstić information content (AvgIpc) is 2.69. The highest BCUT2D eigenvalue weighted by molar-refractivity contribution is 5.67. The number of hydrogen-bond acceptors (Lipinski definition) is 3. The van der Waals surface area contributed by atoms with Crippen LogP contribution in [0.2, 0.25) is 0 Å². The highest BCUT2D eigenvalue weighted by Crippen LogP contribution is 2.24. The maximum atomic E-state index is 11.0. The van der Waals surface area contributed by atoms with Crippen molar-refractivity contribution in [1.29, 1.82) is 0 Å². The molecular formula is C25H40O4. The van der Waals surface area contributed by atoms with E-state index in [1.807, 2.05) is 31.2 Å². The normalized spacial score (nSPS) is 13.9. The maximum absolute atomic E-state index is 11.0. The van der Waals surface area contributed by atoms with Gasteiger partial charge in [-0.05, 0) is 49.0 Å². The van der Waals surface area contributed by atoms with Crippen LogP contribution in [0.25, 0.3) is 0 Å². The van der Waals surface area contributed by atoms with Crippen molar-refractivity contribution in [3.8, 4) is 5.75 Å². The Balaban J connectivity index is 2.63. The summed E-state index contributed by atoms with van der Waals surface area (Å²) in [5, 5.41) is 9.06. The van der Waals surface area contributed by atoms with Gasteiger partial charge in [-0.15, -0.1) is 0 Å². The highest BCUT2D eigenvalue weighted by Gasteiger charge is 2.15. The summed E-state index contributed by atoms with van der Waals surface area (Å²) in [6.07, 6.45) is 10.6. The van der Waals surface area contributed by atoms with Crippen molar-refractivity contribution in [2.24, 2.45) is 5.92 Å². The zero-order valence-electron chi connectivity index (χ0n) is 18.8. The fourth-order valence-corrected chi connectivity index (χ4v) is 3.49. The smallest absolute Gasteiger partial charge is 0.306 e. The SMILES string of the molecule is CCCCCCC(C)/C=C(\CCC)COc1ccc(C(CC(=O)O)OCC)cc1. The first-order valence-corrected chi connectivity index (χ1v) is 11.3. The standard InChI is InChI=1S/C25H40O4/c1-5-8-9-10-12-20(4)17-21(11-6-2)19-29-23-15-13-22(14-16-23)24(28-7-3)18-25(26)27/h13-17,20,24H,5-12,18-19H2,1-4H3,(H,26,27)/b21-17+. The molecule has 0 radical (unpaired) electrons. The summed E-state index contributed by atoms with van der Waals surface area (Å²) in [6, 6.07) is 7.61. The number of aliphatic carboxylic acids is 1. The van der Waals surface area contributed by atoms with Gasteiger partial charge in [0.25, 0.3) is 0 Å². The van der Waals surface area contributed by atoms with Gasteiger partial charge in [-0.25, -0.2) is 0 Å². The van der Waals surface area contributed by atoms with Crippen LogP contribution < -0.4 is 4.74 Å². The summed E-state index contributed by atoms with van der Waals surface area (Å²) in [7, 11) is 0. The van der Waals surface area contributed by atoms with Crippen LogP contribution in [0.15, 0.2) is 35.9 Å². The first kappa shape index (κ1) is 25.2. The van der Waals surface area contributed by atoms with E-state index in [2.05, 4.69) is 26.8 Å². The monoisotopic (exact) mass is 404 g/mol. The predicted molar refractivity (Wildman–Crippen MR) is 119 cm³/mol. The highest BCUT2D eigenvalue weighted by atomic mass is 16.5. The molecule has 0 heterocycles. The number of carbonyl (C=O) groups is 1. The minimum Gasteiger partial charge on any atom is -0.489 e. The van der Waals surface area contributed by atoms with Gasteiger partial charge in [-0.2, -0.15) is 0 Å². The van der Waals surface area contributed by atoms with E-state index in [4.69, 9.17) is 14.6 Å². The molecule has 0 spiro atoms. The lowest BCUT2D eigenvalue weighted by molar-refractivity contribution is -0.140. The molecule has 164 valence electrons. The Labute approximate surface area is 177 Å². The van der Waals surface area contributed by atoms with Gasteiger partial charge in [0.15, 0.2) is 0 Å². The summed E-state index contributed by atoms with van der Waals surface area (Å²) >= 11 is 0. The first-order valence-electron chi connectivity index (χ1n) is 11.3. The van der Waals surface area contributed by atoms with Gasteiger partial charge in [0.1, 0.15) is 12.4 Å². The molecule has 0 amide bonds. The van der Waals surface area contributed by atoms with Crippen LogP contribution in [-0.4, -0.2) is 24.3 Å². The second kappa shape index (κ2) is 15.1. The summed E-state index contributed by atoms with van der Waals surface area (Å²) in [4.78, 5) is 11.0. The second-order valence-corrected chi connectivity index (χ2v) is 7.80. The Bertz CT molecular complexity index is 591. The third kappa shape index (κ3) is 11.1. The zero-order valence-corrected chi connectivity index (χ0v) is 18.8. The number of carboxylic acid groups (broad SMARTS) is 1. The fourth-order valence-electron chi connectivity index (χ4n) is 3.49. The Hall–Kier alpha value is -1.81. The third-order valence-electron chi connectivity index (χ3n) is 5.01. The summed E-state index contributed by atoms with van der Waals surface area (Å²) in [6.45, 7) is 9.71. The summed E-state index contributed by atoms with van der Waals surface area (Å²) in [5.41, 5.74) is 2.23. The van der Waals surface area contributed by atoms with Crippen LogP contribution in [0.5, 0.6) is 5.75 Å². The first-order chi connectivity index (χ1) is 14.0. The minimum atomic E-state index is -0.859. The van der Waals surface area contributed by atoms with Crippen molar-refractivity contribution < 1.29 is 19.4 Å². The molecule has 0 bridgehead atoms. The molecule has 1 aromatic rings. The van der Waals surface area contributed by atoms with Gasteiger partial charge < -0.3 is 14.6 Å². The molecule has 1 rings (SSSR count). The van der Waals surface area contributed by atoms with E-state index < -0.39 is 12.1 Å². The van der Waals surface area contributed by atoms with E-state index in [1.54, 1.807) is 0 Å². The molecular weight excluding hydrogens is 364 g/mol. The van der Waals surface area contributed by atoms with Gasteiger partial charge in [-0.3, -0.25) is 4.79 Å². The van der Waals surface area contributed by atoms with Crippen LogP contribution >= 0.6 is 0 Å². The number of unbranched alkanes of at least 4 members (excludes halogenated alkanes) is 3. The van der Waals surface area contributed by atoms with E-state index in [0.29, 0.717) is 19.1 Å². The molecule has 0 saturated carbocycles. The van der Waals surface area contributed by atoms with Crippen molar-refractivity contribution in [3.05, 3.63) is 41.5 Å². The number of carboxylic acids is 1. The van der Waals surface area contributed by atoms with Crippen molar-refractivity contribution in [1.82, 2.24) is 0 Å². The minimum absolute atomic E-state index is 0.0342. The predicted octanol–water partition coefficient (Wildman–Crippen LogP) is 6.95. The van der Waals surface area contributed by atoms with Crippen LogP contribution in [-0.2, 0) is 9.53 Å². The zero-order chi connectivity index (χ0) is 21.5. The third-order valence-corrected chi connectivity index (χ3v) is 5.01. The van der Waals surface area contributed by atoms with Crippen molar-refractivity contribution >= 4 is 5.97 Å². The van der Waals surface area contributed by atoms with Crippen LogP contribution in [0.3, 0.4) is 0 Å². The van der Waals surface area contributed by atoms with E-state index >= 15 is 0 Å². The van der Waals surface area contributed by atoms with E-state index in [-0.39, 0.29) is 6.42 Å². The number of benzene rings is 1. The topological polar surface area (TPSA) is 55.8 Å². The van der Waals surface area contributed by atoms with Gasteiger partial charge in [0, 0.05) is 6.61 Å². The molecule has 0 aliphatic carbocycles.